The predicted octanol–water partition coefficient (Wildman–Crippen LogP) is 3.22. The van der Waals surface area contributed by atoms with Gasteiger partial charge in [0.05, 0.1) is 18.2 Å². The van der Waals surface area contributed by atoms with Gasteiger partial charge in [-0.3, -0.25) is 4.79 Å². The van der Waals surface area contributed by atoms with Crippen molar-refractivity contribution in [3.63, 3.8) is 0 Å². The van der Waals surface area contributed by atoms with E-state index in [4.69, 9.17) is 0 Å². The van der Waals surface area contributed by atoms with Crippen LogP contribution in [0.15, 0.2) is 29.2 Å². The maximum Gasteiger partial charge on any atom is 0.252 e. The first-order chi connectivity index (χ1) is 11.8. The number of amides is 1. The Kier molecular flexibility index (Phi) is 5.85. The molecule has 1 aliphatic rings. The number of carbonyl (C=O) groups is 1. The molecular formula is C17H23N5OS. The Bertz CT molecular complexity index is 681. The van der Waals surface area contributed by atoms with E-state index >= 15 is 0 Å². The summed E-state index contributed by atoms with van der Waals surface area (Å²) in [4.78, 5) is 13.5. The summed E-state index contributed by atoms with van der Waals surface area (Å²) in [6.07, 6.45) is 5.95. The molecule has 0 bridgehead atoms. The minimum atomic E-state index is -0.0789. The number of tetrazole rings is 1. The number of thioether (sulfide) groups is 1. The third kappa shape index (κ3) is 3.95. The number of benzene rings is 1. The second-order valence-electron chi connectivity index (χ2n) is 5.94. The highest BCUT2D eigenvalue weighted by Gasteiger charge is 2.20. The first-order valence-corrected chi connectivity index (χ1v) is 9.55. The summed E-state index contributed by atoms with van der Waals surface area (Å²) >= 11 is 1.67. The van der Waals surface area contributed by atoms with Gasteiger partial charge in [-0.1, -0.05) is 38.3 Å². The average Bonchev–Trinajstić information content (AvgIpc) is 3.10. The zero-order valence-electron chi connectivity index (χ0n) is 13.9. The molecule has 0 aliphatic heterocycles. The van der Waals surface area contributed by atoms with Crippen LogP contribution in [-0.2, 0) is 6.54 Å². The lowest BCUT2D eigenvalue weighted by atomic mass is 9.95. The monoisotopic (exact) mass is 345 g/mol. The molecule has 2 aromatic rings. The quantitative estimate of drug-likeness (QED) is 0.814. The third-order valence-electron chi connectivity index (χ3n) is 4.32. The predicted molar refractivity (Wildman–Crippen MR) is 93.9 cm³/mol. The van der Waals surface area contributed by atoms with Crippen LogP contribution in [0.2, 0.25) is 0 Å². The lowest BCUT2D eigenvalue weighted by Gasteiger charge is -2.22. The Labute approximate surface area is 146 Å². The summed E-state index contributed by atoms with van der Waals surface area (Å²) in [6, 6.07) is 8.05. The Morgan fingerprint density at radius 3 is 2.88 bits per heavy atom. The zero-order chi connectivity index (χ0) is 16.8. The zero-order valence-corrected chi connectivity index (χ0v) is 14.8. The van der Waals surface area contributed by atoms with Crippen LogP contribution in [0.3, 0.4) is 0 Å². The van der Waals surface area contributed by atoms with Gasteiger partial charge < -0.3 is 5.32 Å². The molecule has 0 saturated heterocycles. The molecule has 0 atom stereocenters. The first kappa shape index (κ1) is 17.0. The van der Waals surface area contributed by atoms with Crippen molar-refractivity contribution in [1.29, 1.82) is 0 Å². The summed E-state index contributed by atoms with van der Waals surface area (Å²) < 4.78 is 1.89. The van der Waals surface area contributed by atoms with Gasteiger partial charge in [0.15, 0.2) is 5.82 Å². The number of nitrogens with zero attached hydrogens (tertiary/aromatic N) is 4. The number of aromatic nitrogens is 4. The number of nitrogens with one attached hydrogen (secondary N) is 1. The van der Waals surface area contributed by atoms with E-state index in [1.165, 1.54) is 19.3 Å². The highest BCUT2D eigenvalue weighted by molar-refractivity contribution is 7.99. The molecule has 1 fully saturated rings. The molecule has 24 heavy (non-hydrogen) atoms. The van der Waals surface area contributed by atoms with E-state index in [9.17, 15) is 4.79 Å². The van der Waals surface area contributed by atoms with Gasteiger partial charge in [-0.25, -0.2) is 4.68 Å². The molecule has 7 heteroatoms. The van der Waals surface area contributed by atoms with Gasteiger partial charge in [0.1, 0.15) is 0 Å². The minimum Gasteiger partial charge on any atom is -0.345 e. The van der Waals surface area contributed by atoms with E-state index in [-0.39, 0.29) is 5.91 Å². The molecule has 1 aliphatic carbocycles. The Hall–Kier alpha value is -1.89. The lowest BCUT2D eigenvalue weighted by Crippen LogP contribution is -2.27. The average molecular weight is 345 g/mol. The summed E-state index contributed by atoms with van der Waals surface area (Å²) in [5.74, 6) is 1.59. The SMILES string of the molecule is CCSc1ccccc1C(=O)NCc1nnnn1C1CCCCC1. The van der Waals surface area contributed by atoms with E-state index in [0.29, 0.717) is 18.2 Å². The molecule has 0 spiro atoms. The number of rotatable bonds is 6. The highest BCUT2D eigenvalue weighted by atomic mass is 32.2. The van der Waals surface area contributed by atoms with Crippen molar-refractivity contribution in [1.82, 2.24) is 25.5 Å². The van der Waals surface area contributed by atoms with Crippen molar-refractivity contribution in [2.45, 2.75) is 56.5 Å². The van der Waals surface area contributed by atoms with Crippen LogP contribution in [0.4, 0.5) is 0 Å². The summed E-state index contributed by atoms with van der Waals surface area (Å²) in [5, 5.41) is 15.0. The molecule has 1 aromatic heterocycles. The second-order valence-corrected chi connectivity index (χ2v) is 7.25. The van der Waals surface area contributed by atoms with Crippen LogP contribution in [0.1, 0.15) is 61.3 Å². The maximum absolute atomic E-state index is 12.5. The van der Waals surface area contributed by atoms with Crippen LogP contribution < -0.4 is 5.32 Å². The van der Waals surface area contributed by atoms with Crippen LogP contribution >= 0.6 is 11.8 Å². The molecular weight excluding hydrogens is 322 g/mol. The number of hydrogen-bond acceptors (Lipinski definition) is 5. The molecule has 1 heterocycles. The van der Waals surface area contributed by atoms with Gasteiger partial charge in [0.25, 0.3) is 5.91 Å². The van der Waals surface area contributed by atoms with Gasteiger partial charge in [-0.05, 0) is 41.2 Å². The lowest BCUT2D eigenvalue weighted by molar-refractivity contribution is 0.0946. The Balaban J connectivity index is 1.66. The molecule has 1 saturated carbocycles. The van der Waals surface area contributed by atoms with E-state index in [2.05, 4.69) is 27.8 Å². The molecule has 3 rings (SSSR count). The van der Waals surface area contributed by atoms with E-state index < -0.39 is 0 Å². The van der Waals surface area contributed by atoms with Gasteiger partial charge in [0, 0.05) is 4.90 Å². The van der Waals surface area contributed by atoms with Crippen LogP contribution in [0.5, 0.6) is 0 Å². The minimum absolute atomic E-state index is 0.0789. The largest absolute Gasteiger partial charge is 0.345 e. The molecule has 6 nitrogen and oxygen atoms in total. The highest BCUT2D eigenvalue weighted by Crippen LogP contribution is 2.27. The molecule has 0 unspecified atom stereocenters. The van der Waals surface area contributed by atoms with Crippen molar-refractivity contribution < 1.29 is 4.79 Å². The molecule has 1 N–H and O–H groups in total. The maximum atomic E-state index is 12.5. The summed E-state index contributed by atoms with van der Waals surface area (Å²) in [6.45, 7) is 2.44. The van der Waals surface area contributed by atoms with Crippen molar-refractivity contribution in [3.05, 3.63) is 35.7 Å². The molecule has 1 amide bonds. The third-order valence-corrected chi connectivity index (χ3v) is 5.28. The van der Waals surface area contributed by atoms with Crippen LogP contribution in [-0.4, -0.2) is 31.9 Å². The van der Waals surface area contributed by atoms with E-state index in [0.717, 1.165) is 29.3 Å². The topological polar surface area (TPSA) is 72.7 Å². The fraction of sp³-hybridized carbons (Fsp3) is 0.529. The van der Waals surface area contributed by atoms with Crippen molar-refractivity contribution >= 4 is 17.7 Å². The normalized spacial score (nSPS) is 15.4. The smallest absolute Gasteiger partial charge is 0.252 e. The van der Waals surface area contributed by atoms with Crippen molar-refractivity contribution in [3.8, 4) is 0 Å². The fourth-order valence-electron chi connectivity index (χ4n) is 3.13. The Morgan fingerprint density at radius 1 is 1.29 bits per heavy atom. The fourth-order valence-corrected chi connectivity index (χ4v) is 3.93. The van der Waals surface area contributed by atoms with Crippen molar-refractivity contribution in [2.75, 3.05) is 5.75 Å². The Morgan fingerprint density at radius 2 is 2.08 bits per heavy atom. The van der Waals surface area contributed by atoms with E-state index in [1.54, 1.807) is 11.8 Å². The van der Waals surface area contributed by atoms with Gasteiger partial charge in [-0.2, -0.15) is 0 Å². The molecule has 1 aromatic carbocycles. The summed E-state index contributed by atoms with van der Waals surface area (Å²) in [7, 11) is 0. The summed E-state index contributed by atoms with van der Waals surface area (Å²) in [5.41, 5.74) is 0.709. The van der Waals surface area contributed by atoms with Crippen LogP contribution in [0, 0.1) is 0 Å². The van der Waals surface area contributed by atoms with E-state index in [1.807, 2.05) is 28.9 Å². The van der Waals surface area contributed by atoms with Crippen molar-refractivity contribution in [2.24, 2.45) is 0 Å². The molecule has 128 valence electrons. The first-order valence-electron chi connectivity index (χ1n) is 8.56. The number of carbonyl (C=O) groups excluding carboxylic acids is 1. The molecule has 0 radical (unpaired) electrons. The van der Waals surface area contributed by atoms with Gasteiger partial charge >= 0.3 is 0 Å². The van der Waals surface area contributed by atoms with Gasteiger partial charge in [0.2, 0.25) is 0 Å². The standard InChI is InChI=1S/C17H23N5OS/c1-2-24-15-11-7-6-10-14(15)17(23)18-12-16-19-20-21-22(16)13-8-4-3-5-9-13/h6-7,10-11,13H,2-5,8-9,12H2,1H3,(H,18,23). The van der Waals surface area contributed by atoms with Gasteiger partial charge in [-0.15, -0.1) is 16.9 Å². The second kappa shape index (κ2) is 8.28. The number of hydrogen-bond donors (Lipinski definition) is 1. The van der Waals surface area contributed by atoms with Crippen LogP contribution in [0.25, 0.3) is 0 Å².